The molecule has 0 N–H and O–H groups in total. The lowest BCUT2D eigenvalue weighted by atomic mass is 10.1. The maximum absolute atomic E-state index is 11.5. The van der Waals surface area contributed by atoms with Crippen LogP contribution in [0.4, 0.5) is 10.5 Å². The fourth-order valence-electron chi connectivity index (χ4n) is 1.90. The van der Waals surface area contributed by atoms with Crippen molar-refractivity contribution < 1.29 is 13.9 Å². The van der Waals surface area contributed by atoms with Crippen LogP contribution in [0.3, 0.4) is 0 Å². The zero-order valence-electron chi connectivity index (χ0n) is 9.13. The second-order valence-electron chi connectivity index (χ2n) is 3.79. The molecule has 1 fully saturated rings. The molecule has 1 saturated heterocycles. The van der Waals surface area contributed by atoms with Gasteiger partial charge in [-0.15, -0.1) is 0 Å². The zero-order chi connectivity index (χ0) is 11.7. The predicted molar refractivity (Wildman–Crippen MR) is 62.8 cm³/mol. The number of nitrogens with zero attached hydrogens (tertiary/aromatic N) is 1. The normalized spacial score (nSPS) is 15.1. The second-order valence-corrected chi connectivity index (χ2v) is 3.79. The molecule has 0 unspecified atom stereocenters. The van der Waals surface area contributed by atoms with E-state index in [1.807, 2.05) is 36.4 Å². The molecule has 1 aliphatic heterocycles. The van der Waals surface area contributed by atoms with Crippen molar-refractivity contribution in [1.82, 2.24) is 0 Å². The molecule has 1 aliphatic rings. The molecule has 0 atom stereocenters. The van der Waals surface area contributed by atoms with Gasteiger partial charge >= 0.3 is 6.09 Å². The average molecular weight is 229 g/mol. The molecule has 2 heterocycles. The molecule has 0 aliphatic carbocycles. The zero-order valence-corrected chi connectivity index (χ0v) is 9.13. The minimum Gasteiger partial charge on any atom is -0.464 e. The smallest absolute Gasteiger partial charge is 0.414 e. The first-order valence-electron chi connectivity index (χ1n) is 5.43. The third kappa shape index (κ3) is 1.78. The van der Waals surface area contributed by atoms with Crippen LogP contribution < -0.4 is 4.90 Å². The van der Waals surface area contributed by atoms with Crippen LogP contribution in [0, 0.1) is 0 Å². The van der Waals surface area contributed by atoms with Crippen molar-refractivity contribution in [2.75, 3.05) is 18.1 Å². The molecule has 0 spiro atoms. The summed E-state index contributed by atoms with van der Waals surface area (Å²) in [6.45, 7) is 1.05. The van der Waals surface area contributed by atoms with E-state index in [1.165, 1.54) is 0 Å². The highest BCUT2D eigenvalue weighted by molar-refractivity contribution is 5.90. The minimum absolute atomic E-state index is 0.290. The van der Waals surface area contributed by atoms with E-state index in [-0.39, 0.29) is 6.09 Å². The Morgan fingerprint density at radius 1 is 1.18 bits per heavy atom. The minimum atomic E-state index is -0.290. The van der Waals surface area contributed by atoms with E-state index >= 15 is 0 Å². The van der Waals surface area contributed by atoms with Gasteiger partial charge in [-0.25, -0.2) is 4.79 Å². The average Bonchev–Trinajstić information content (AvgIpc) is 2.99. The quantitative estimate of drug-likeness (QED) is 0.795. The van der Waals surface area contributed by atoms with Crippen molar-refractivity contribution in [2.24, 2.45) is 0 Å². The number of anilines is 1. The first kappa shape index (κ1) is 9.96. The van der Waals surface area contributed by atoms with Crippen molar-refractivity contribution in [3.05, 3.63) is 42.7 Å². The van der Waals surface area contributed by atoms with Crippen molar-refractivity contribution in [2.45, 2.75) is 0 Å². The molecule has 2 aromatic rings. The van der Waals surface area contributed by atoms with E-state index in [0.717, 1.165) is 17.0 Å². The number of rotatable bonds is 2. The maximum atomic E-state index is 11.5. The van der Waals surface area contributed by atoms with Gasteiger partial charge in [-0.2, -0.15) is 0 Å². The first-order chi connectivity index (χ1) is 8.34. The number of hydrogen-bond donors (Lipinski definition) is 0. The molecule has 0 radical (unpaired) electrons. The number of amides is 1. The summed E-state index contributed by atoms with van der Waals surface area (Å²) in [6.07, 6.45) is 1.34. The molecule has 4 nitrogen and oxygen atoms in total. The summed E-state index contributed by atoms with van der Waals surface area (Å²) in [4.78, 5) is 13.1. The summed E-state index contributed by atoms with van der Waals surface area (Å²) in [5, 5.41) is 0. The molecule has 0 saturated carbocycles. The Labute approximate surface area is 98.4 Å². The predicted octanol–water partition coefficient (Wildman–Crippen LogP) is 2.90. The van der Waals surface area contributed by atoms with E-state index in [2.05, 4.69) is 0 Å². The number of cyclic esters (lactones) is 1. The van der Waals surface area contributed by atoms with Crippen molar-refractivity contribution >= 4 is 11.8 Å². The summed E-state index contributed by atoms with van der Waals surface area (Å²) >= 11 is 0. The van der Waals surface area contributed by atoms with Crippen LogP contribution in [0.15, 0.2) is 47.1 Å². The molecular weight excluding hydrogens is 218 g/mol. The number of ether oxygens (including phenoxy) is 1. The molecule has 1 amide bonds. The van der Waals surface area contributed by atoms with Gasteiger partial charge < -0.3 is 9.15 Å². The maximum Gasteiger partial charge on any atom is 0.414 e. The highest BCUT2D eigenvalue weighted by Crippen LogP contribution is 2.26. The lowest BCUT2D eigenvalue weighted by Gasteiger charge is -2.13. The molecule has 4 heteroatoms. The van der Waals surface area contributed by atoms with Gasteiger partial charge in [0.2, 0.25) is 0 Å². The van der Waals surface area contributed by atoms with E-state index < -0.39 is 0 Å². The summed E-state index contributed by atoms with van der Waals surface area (Å²) < 4.78 is 10.2. The highest BCUT2D eigenvalue weighted by atomic mass is 16.6. The fourth-order valence-corrected chi connectivity index (χ4v) is 1.90. The summed E-state index contributed by atoms with van der Waals surface area (Å²) in [5.74, 6) is 0.791. The Morgan fingerprint density at radius 3 is 2.82 bits per heavy atom. The molecule has 0 bridgehead atoms. The standard InChI is InChI=1S/C13H11NO3/c15-13-14(6-8-17-13)11-4-1-3-10(9-11)12-5-2-7-16-12/h1-5,7,9H,6,8H2. The topological polar surface area (TPSA) is 42.7 Å². The van der Waals surface area contributed by atoms with Crippen LogP contribution in [0.1, 0.15) is 0 Å². The number of benzene rings is 1. The van der Waals surface area contributed by atoms with Crippen LogP contribution in [0.25, 0.3) is 11.3 Å². The van der Waals surface area contributed by atoms with Gasteiger partial charge in [0.25, 0.3) is 0 Å². The van der Waals surface area contributed by atoms with E-state index in [0.29, 0.717) is 13.2 Å². The largest absolute Gasteiger partial charge is 0.464 e. The van der Waals surface area contributed by atoms with Gasteiger partial charge in [0.1, 0.15) is 12.4 Å². The van der Waals surface area contributed by atoms with Crippen LogP contribution in [-0.4, -0.2) is 19.2 Å². The lowest BCUT2D eigenvalue weighted by molar-refractivity contribution is 0.181. The van der Waals surface area contributed by atoms with Crippen molar-refractivity contribution in [3.8, 4) is 11.3 Å². The van der Waals surface area contributed by atoms with Crippen molar-refractivity contribution in [1.29, 1.82) is 0 Å². The third-order valence-electron chi connectivity index (χ3n) is 2.72. The molecular formula is C13H11NO3. The molecule has 86 valence electrons. The summed E-state index contributed by atoms with van der Waals surface area (Å²) in [6, 6.07) is 11.4. The van der Waals surface area contributed by atoms with Crippen LogP contribution >= 0.6 is 0 Å². The Balaban J connectivity index is 1.97. The molecule has 1 aromatic heterocycles. The van der Waals surface area contributed by atoms with Crippen molar-refractivity contribution in [3.63, 3.8) is 0 Å². The Morgan fingerprint density at radius 2 is 2.12 bits per heavy atom. The van der Waals surface area contributed by atoms with Crippen LogP contribution in [-0.2, 0) is 4.74 Å². The number of carbonyl (C=O) groups is 1. The number of furan rings is 1. The number of hydrogen-bond acceptors (Lipinski definition) is 3. The molecule has 17 heavy (non-hydrogen) atoms. The lowest BCUT2D eigenvalue weighted by Crippen LogP contribution is -2.23. The molecule has 3 rings (SSSR count). The van der Waals surface area contributed by atoms with E-state index in [9.17, 15) is 4.79 Å². The summed E-state index contributed by atoms with van der Waals surface area (Å²) in [7, 11) is 0. The SMILES string of the molecule is O=C1OCCN1c1cccc(-c2ccco2)c1. The fraction of sp³-hybridized carbons (Fsp3) is 0.154. The summed E-state index contributed by atoms with van der Waals surface area (Å²) in [5.41, 5.74) is 1.79. The third-order valence-corrected chi connectivity index (χ3v) is 2.72. The van der Waals surface area contributed by atoms with Gasteiger partial charge in [0, 0.05) is 11.3 Å². The van der Waals surface area contributed by atoms with E-state index in [1.54, 1.807) is 11.2 Å². The Bertz CT molecular complexity index is 533. The Kier molecular flexibility index (Phi) is 2.33. The number of carbonyl (C=O) groups excluding carboxylic acids is 1. The van der Waals surface area contributed by atoms with Gasteiger partial charge in [-0.3, -0.25) is 4.90 Å². The Hall–Kier alpha value is -2.23. The van der Waals surface area contributed by atoms with Crippen LogP contribution in [0.2, 0.25) is 0 Å². The van der Waals surface area contributed by atoms with Gasteiger partial charge in [0.05, 0.1) is 12.8 Å². The van der Waals surface area contributed by atoms with Gasteiger partial charge in [-0.1, -0.05) is 12.1 Å². The monoisotopic (exact) mass is 229 g/mol. The first-order valence-corrected chi connectivity index (χ1v) is 5.43. The molecule has 1 aromatic carbocycles. The van der Waals surface area contributed by atoms with Gasteiger partial charge in [-0.05, 0) is 24.3 Å². The van der Waals surface area contributed by atoms with Gasteiger partial charge in [0.15, 0.2) is 0 Å². The second kappa shape index (κ2) is 3.97. The van der Waals surface area contributed by atoms with E-state index in [4.69, 9.17) is 9.15 Å². The van der Waals surface area contributed by atoms with Crippen LogP contribution in [0.5, 0.6) is 0 Å². The highest BCUT2D eigenvalue weighted by Gasteiger charge is 2.23.